The Balaban J connectivity index is 1.90. The number of ether oxygens (including phenoxy) is 1. The van der Waals surface area contributed by atoms with Gasteiger partial charge in [0.25, 0.3) is 11.8 Å². The van der Waals surface area contributed by atoms with Gasteiger partial charge in [-0.3, -0.25) is 14.0 Å². The summed E-state index contributed by atoms with van der Waals surface area (Å²) in [6.07, 6.45) is 2.44. The smallest absolute Gasteiger partial charge is 0.294 e. The highest BCUT2D eigenvalue weighted by Crippen LogP contribution is 2.18. The van der Waals surface area contributed by atoms with Crippen LogP contribution in [0.3, 0.4) is 0 Å². The van der Waals surface area contributed by atoms with Gasteiger partial charge in [-0.05, 0) is 30.7 Å². The molecule has 1 aromatic carbocycles. The molecule has 0 spiro atoms. The first kappa shape index (κ1) is 18.6. The standard InChI is InChI=1S/C20H22N4O3/c1-23(15-9-4-3-5-10-15)20(26)18-22-17(16-11-6-7-13-24(16)18)19(25)21-12-8-14-27-2/h3-7,9-11,13H,8,12,14H2,1-2H3,(H,21,25). The van der Waals surface area contributed by atoms with Crippen LogP contribution in [0.2, 0.25) is 0 Å². The number of carbonyl (C=O) groups excluding carboxylic acids is 2. The molecule has 0 radical (unpaired) electrons. The van der Waals surface area contributed by atoms with Crippen molar-refractivity contribution in [2.45, 2.75) is 6.42 Å². The number of rotatable bonds is 7. The zero-order valence-electron chi connectivity index (χ0n) is 15.4. The van der Waals surface area contributed by atoms with E-state index in [1.54, 1.807) is 36.9 Å². The maximum atomic E-state index is 13.0. The van der Waals surface area contributed by atoms with Gasteiger partial charge in [-0.1, -0.05) is 24.3 Å². The fraction of sp³-hybridized carbons (Fsp3) is 0.250. The number of hydrogen-bond acceptors (Lipinski definition) is 4. The molecule has 0 saturated carbocycles. The van der Waals surface area contributed by atoms with Crippen LogP contribution >= 0.6 is 0 Å². The Kier molecular flexibility index (Phi) is 5.83. The second-order valence-corrected chi connectivity index (χ2v) is 6.04. The number of amides is 2. The van der Waals surface area contributed by atoms with E-state index in [2.05, 4.69) is 10.3 Å². The molecule has 0 bridgehead atoms. The summed E-state index contributed by atoms with van der Waals surface area (Å²) >= 11 is 0. The summed E-state index contributed by atoms with van der Waals surface area (Å²) in [7, 11) is 3.30. The quantitative estimate of drug-likeness (QED) is 0.652. The van der Waals surface area contributed by atoms with Gasteiger partial charge in [-0.25, -0.2) is 4.98 Å². The van der Waals surface area contributed by atoms with E-state index in [0.29, 0.717) is 25.1 Å². The summed E-state index contributed by atoms with van der Waals surface area (Å²) in [5.74, 6) is -0.406. The van der Waals surface area contributed by atoms with Crippen LogP contribution in [-0.2, 0) is 4.74 Å². The molecule has 3 rings (SSSR count). The van der Waals surface area contributed by atoms with E-state index in [9.17, 15) is 9.59 Å². The lowest BCUT2D eigenvalue weighted by Crippen LogP contribution is -2.28. The van der Waals surface area contributed by atoms with E-state index in [0.717, 1.165) is 5.69 Å². The molecule has 27 heavy (non-hydrogen) atoms. The summed E-state index contributed by atoms with van der Waals surface area (Å²) in [5.41, 5.74) is 1.57. The maximum Gasteiger partial charge on any atom is 0.294 e. The molecule has 1 N–H and O–H groups in total. The average Bonchev–Trinajstić information content (AvgIpc) is 3.10. The number of nitrogens with zero attached hydrogens (tertiary/aromatic N) is 3. The predicted octanol–water partition coefficient (Wildman–Crippen LogP) is 2.38. The SMILES string of the molecule is COCCCNC(=O)c1nc(C(=O)N(C)c2ccccc2)n2ccccc12. The van der Waals surface area contributed by atoms with Crippen molar-refractivity contribution in [3.8, 4) is 0 Å². The second-order valence-electron chi connectivity index (χ2n) is 6.04. The molecule has 7 nitrogen and oxygen atoms in total. The summed E-state index contributed by atoms with van der Waals surface area (Å²) in [6.45, 7) is 1.04. The number of hydrogen-bond donors (Lipinski definition) is 1. The number of benzene rings is 1. The minimum atomic E-state index is -0.309. The lowest BCUT2D eigenvalue weighted by molar-refractivity contribution is 0.0946. The number of anilines is 1. The van der Waals surface area contributed by atoms with Crippen LogP contribution in [0.25, 0.3) is 5.52 Å². The van der Waals surface area contributed by atoms with Gasteiger partial charge < -0.3 is 15.0 Å². The van der Waals surface area contributed by atoms with Crippen LogP contribution in [-0.4, -0.2) is 48.5 Å². The van der Waals surface area contributed by atoms with Crippen LogP contribution in [0, 0.1) is 0 Å². The van der Waals surface area contributed by atoms with Gasteiger partial charge >= 0.3 is 0 Å². The Bertz CT molecular complexity index is 937. The topological polar surface area (TPSA) is 75.9 Å². The molecule has 0 aliphatic rings. The number of aromatic nitrogens is 2. The largest absolute Gasteiger partial charge is 0.385 e. The summed E-state index contributed by atoms with van der Waals surface area (Å²) in [6, 6.07) is 14.7. The fourth-order valence-corrected chi connectivity index (χ4v) is 2.78. The number of nitrogens with one attached hydrogen (secondary N) is 1. The highest BCUT2D eigenvalue weighted by molar-refractivity contribution is 6.07. The van der Waals surface area contributed by atoms with Gasteiger partial charge in [0.15, 0.2) is 5.69 Å². The number of para-hydroxylation sites is 1. The molecule has 0 atom stereocenters. The van der Waals surface area contributed by atoms with E-state index in [4.69, 9.17) is 4.74 Å². The Morgan fingerprint density at radius 2 is 1.89 bits per heavy atom. The van der Waals surface area contributed by atoms with Crippen LogP contribution in [0.5, 0.6) is 0 Å². The van der Waals surface area contributed by atoms with Gasteiger partial charge in [0.2, 0.25) is 5.82 Å². The molecular weight excluding hydrogens is 344 g/mol. The predicted molar refractivity (Wildman–Crippen MR) is 103 cm³/mol. The van der Waals surface area contributed by atoms with Gasteiger partial charge in [0.05, 0.1) is 5.52 Å². The Hall–Kier alpha value is -3.19. The third-order valence-corrected chi connectivity index (χ3v) is 4.21. The van der Waals surface area contributed by atoms with Gasteiger partial charge in [-0.15, -0.1) is 0 Å². The monoisotopic (exact) mass is 366 g/mol. The summed E-state index contributed by atoms with van der Waals surface area (Å²) in [4.78, 5) is 31.4. The molecule has 2 aromatic heterocycles. The van der Waals surface area contributed by atoms with Crippen molar-refractivity contribution in [3.05, 3.63) is 66.2 Å². The van der Waals surface area contributed by atoms with Crippen LogP contribution in [0.15, 0.2) is 54.7 Å². The van der Waals surface area contributed by atoms with Crippen LogP contribution in [0.4, 0.5) is 5.69 Å². The van der Waals surface area contributed by atoms with Crippen molar-refractivity contribution in [2.75, 3.05) is 32.2 Å². The Morgan fingerprint density at radius 1 is 1.15 bits per heavy atom. The number of fused-ring (bicyclic) bond motifs is 1. The van der Waals surface area contributed by atoms with E-state index in [1.807, 2.05) is 36.4 Å². The van der Waals surface area contributed by atoms with Crippen LogP contribution < -0.4 is 10.2 Å². The van der Waals surface area contributed by atoms with E-state index >= 15 is 0 Å². The third kappa shape index (κ3) is 3.98. The minimum Gasteiger partial charge on any atom is -0.385 e. The third-order valence-electron chi connectivity index (χ3n) is 4.21. The number of pyridine rings is 1. The molecule has 2 amide bonds. The highest BCUT2D eigenvalue weighted by atomic mass is 16.5. The Morgan fingerprint density at radius 3 is 2.63 bits per heavy atom. The van der Waals surface area contributed by atoms with Gasteiger partial charge in [0.1, 0.15) is 0 Å². The fourth-order valence-electron chi connectivity index (χ4n) is 2.78. The van der Waals surface area contributed by atoms with Crippen molar-refractivity contribution in [1.29, 1.82) is 0 Å². The minimum absolute atomic E-state index is 0.194. The number of methoxy groups -OCH3 is 1. The summed E-state index contributed by atoms with van der Waals surface area (Å²) < 4.78 is 6.63. The first-order valence-corrected chi connectivity index (χ1v) is 8.71. The molecule has 140 valence electrons. The average molecular weight is 366 g/mol. The second kappa shape index (κ2) is 8.46. The van der Waals surface area contributed by atoms with Crippen molar-refractivity contribution < 1.29 is 14.3 Å². The molecule has 2 heterocycles. The lowest BCUT2D eigenvalue weighted by Gasteiger charge is -2.16. The van der Waals surface area contributed by atoms with Crippen molar-refractivity contribution in [1.82, 2.24) is 14.7 Å². The Labute approximate surface area is 157 Å². The molecule has 7 heteroatoms. The highest BCUT2D eigenvalue weighted by Gasteiger charge is 2.24. The van der Waals surface area contributed by atoms with Gasteiger partial charge in [0, 0.05) is 39.2 Å². The molecule has 0 aliphatic carbocycles. The van der Waals surface area contributed by atoms with Gasteiger partial charge in [-0.2, -0.15) is 0 Å². The van der Waals surface area contributed by atoms with E-state index < -0.39 is 0 Å². The van der Waals surface area contributed by atoms with E-state index in [1.165, 1.54) is 4.90 Å². The first-order chi connectivity index (χ1) is 13.1. The molecule has 0 fully saturated rings. The molecule has 3 aromatic rings. The summed E-state index contributed by atoms with van der Waals surface area (Å²) in [5, 5.41) is 2.82. The van der Waals surface area contributed by atoms with Crippen molar-refractivity contribution in [3.63, 3.8) is 0 Å². The molecule has 0 aliphatic heterocycles. The zero-order chi connectivity index (χ0) is 19.2. The van der Waals surface area contributed by atoms with Crippen molar-refractivity contribution in [2.24, 2.45) is 0 Å². The number of imidazole rings is 1. The zero-order valence-corrected chi connectivity index (χ0v) is 15.4. The molecule has 0 saturated heterocycles. The van der Waals surface area contributed by atoms with E-state index in [-0.39, 0.29) is 23.3 Å². The maximum absolute atomic E-state index is 13.0. The van der Waals surface area contributed by atoms with Crippen LogP contribution in [0.1, 0.15) is 27.5 Å². The first-order valence-electron chi connectivity index (χ1n) is 8.71. The van der Waals surface area contributed by atoms with Crippen molar-refractivity contribution >= 4 is 23.0 Å². The number of carbonyl (C=O) groups is 2. The normalized spacial score (nSPS) is 10.7. The molecular formula is C20H22N4O3. The lowest BCUT2D eigenvalue weighted by atomic mass is 10.3. The molecule has 0 unspecified atom stereocenters.